The minimum atomic E-state index is -4.39. The standard InChI is InChI=1S/C17H21F3N2OS/c18-17(19,20)15-4-2-1-3-12(15)10-22-11-14(9-16(22)23)21-13-5-7-24-8-6-13/h1-4,13-14,21H,5-11H2/t14-/m1/s1. The Morgan fingerprint density at radius 2 is 1.88 bits per heavy atom. The third kappa shape index (κ3) is 4.25. The fourth-order valence-electron chi connectivity index (χ4n) is 3.37. The van der Waals surface area contributed by atoms with Gasteiger partial charge in [0.2, 0.25) is 5.91 Å². The zero-order valence-electron chi connectivity index (χ0n) is 13.3. The van der Waals surface area contributed by atoms with Gasteiger partial charge in [0, 0.05) is 31.6 Å². The fourth-order valence-corrected chi connectivity index (χ4v) is 4.48. The van der Waals surface area contributed by atoms with Gasteiger partial charge in [-0.15, -0.1) is 0 Å². The van der Waals surface area contributed by atoms with E-state index < -0.39 is 11.7 Å². The van der Waals surface area contributed by atoms with Crippen molar-refractivity contribution in [3.8, 4) is 0 Å². The van der Waals surface area contributed by atoms with Gasteiger partial charge in [0.15, 0.2) is 0 Å². The summed E-state index contributed by atoms with van der Waals surface area (Å²) in [5, 5.41) is 3.51. The Bertz CT molecular complexity index is 587. The fraction of sp³-hybridized carbons (Fsp3) is 0.588. The third-order valence-electron chi connectivity index (χ3n) is 4.59. The highest BCUT2D eigenvalue weighted by Gasteiger charge is 2.36. The summed E-state index contributed by atoms with van der Waals surface area (Å²) in [6.07, 6.45) is -1.84. The molecule has 24 heavy (non-hydrogen) atoms. The predicted octanol–water partition coefficient (Wildman–Crippen LogP) is 3.29. The maximum Gasteiger partial charge on any atom is 0.416 e. The van der Waals surface area contributed by atoms with Crippen molar-refractivity contribution in [2.45, 2.75) is 44.1 Å². The number of nitrogens with zero attached hydrogens (tertiary/aromatic N) is 1. The average molecular weight is 358 g/mol. The lowest BCUT2D eigenvalue weighted by Gasteiger charge is -2.26. The Morgan fingerprint density at radius 3 is 2.58 bits per heavy atom. The summed E-state index contributed by atoms with van der Waals surface area (Å²) in [7, 11) is 0. The number of hydrogen-bond donors (Lipinski definition) is 1. The van der Waals surface area contributed by atoms with Crippen molar-refractivity contribution in [3.05, 3.63) is 35.4 Å². The number of amides is 1. The number of halogens is 3. The van der Waals surface area contributed by atoms with E-state index in [0.29, 0.717) is 19.0 Å². The molecular formula is C17H21F3N2OS. The summed E-state index contributed by atoms with van der Waals surface area (Å²) in [6, 6.07) is 5.96. The van der Waals surface area contributed by atoms with Crippen molar-refractivity contribution in [3.63, 3.8) is 0 Å². The van der Waals surface area contributed by atoms with Crippen LogP contribution in [-0.4, -0.2) is 40.9 Å². The van der Waals surface area contributed by atoms with E-state index in [1.807, 2.05) is 11.8 Å². The lowest BCUT2D eigenvalue weighted by Crippen LogP contribution is -2.41. The number of nitrogens with one attached hydrogen (secondary N) is 1. The maximum atomic E-state index is 13.1. The molecule has 1 atom stereocenters. The van der Waals surface area contributed by atoms with Crippen LogP contribution in [0.1, 0.15) is 30.4 Å². The predicted molar refractivity (Wildman–Crippen MR) is 88.7 cm³/mol. The second-order valence-electron chi connectivity index (χ2n) is 6.38. The molecule has 0 aromatic heterocycles. The third-order valence-corrected chi connectivity index (χ3v) is 5.64. The number of alkyl halides is 3. The maximum absolute atomic E-state index is 13.1. The van der Waals surface area contributed by atoms with Gasteiger partial charge in [0.25, 0.3) is 0 Å². The summed E-state index contributed by atoms with van der Waals surface area (Å²) in [6.45, 7) is 0.502. The lowest BCUT2D eigenvalue weighted by atomic mass is 10.1. The summed E-state index contributed by atoms with van der Waals surface area (Å²) >= 11 is 1.94. The van der Waals surface area contributed by atoms with Crippen LogP contribution in [0, 0.1) is 0 Å². The molecule has 0 spiro atoms. The van der Waals surface area contributed by atoms with Crippen molar-refractivity contribution in [2.75, 3.05) is 18.1 Å². The molecule has 0 aliphatic carbocycles. The molecule has 0 bridgehead atoms. The first-order valence-corrected chi connectivity index (χ1v) is 9.35. The highest BCUT2D eigenvalue weighted by atomic mass is 32.2. The van der Waals surface area contributed by atoms with Gasteiger partial charge in [-0.1, -0.05) is 18.2 Å². The van der Waals surface area contributed by atoms with E-state index in [9.17, 15) is 18.0 Å². The van der Waals surface area contributed by atoms with Gasteiger partial charge in [0.1, 0.15) is 0 Å². The monoisotopic (exact) mass is 358 g/mol. The van der Waals surface area contributed by atoms with Crippen LogP contribution in [0.25, 0.3) is 0 Å². The van der Waals surface area contributed by atoms with Crippen LogP contribution < -0.4 is 5.32 Å². The Labute approximate surface area is 144 Å². The zero-order chi connectivity index (χ0) is 17.2. The smallest absolute Gasteiger partial charge is 0.337 e. The molecule has 2 aliphatic heterocycles. The minimum absolute atomic E-state index is 0.0210. The molecule has 3 rings (SSSR count). The second-order valence-corrected chi connectivity index (χ2v) is 7.61. The van der Waals surface area contributed by atoms with Crippen molar-refractivity contribution < 1.29 is 18.0 Å². The minimum Gasteiger partial charge on any atom is -0.337 e. The summed E-state index contributed by atoms with van der Waals surface area (Å²) in [4.78, 5) is 13.7. The molecule has 2 heterocycles. The van der Waals surface area contributed by atoms with Crippen molar-refractivity contribution >= 4 is 17.7 Å². The number of likely N-dealkylation sites (tertiary alicyclic amines) is 1. The van der Waals surface area contributed by atoms with E-state index in [-0.39, 0.29) is 24.1 Å². The van der Waals surface area contributed by atoms with Gasteiger partial charge in [-0.05, 0) is 36.0 Å². The van der Waals surface area contributed by atoms with Crippen LogP contribution in [-0.2, 0) is 17.5 Å². The van der Waals surface area contributed by atoms with Crippen LogP contribution in [0.3, 0.4) is 0 Å². The number of hydrogen-bond acceptors (Lipinski definition) is 3. The molecular weight excluding hydrogens is 337 g/mol. The number of carbonyl (C=O) groups excluding carboxylic acids is 1. The summed E-state index contributed by atoms with van der Waals surface area (Å²) in [5.74, 6) is 2.18. The van der Waals surface area contributed by atoms with E-state index >= 15 is 0 Å². The molecule has 2 aliphatic rings. The topological polar surface area (TPSA) is 32.3 Å². The molecule has 2 saturated heterocycles. The molecule has 1 aromatic rings. The van der Waals surface area contributed by atoms with Crippen LogP contribution in [0.2, 0.25) is 0 Å². The second kappa shape index (κ2) is 7.35. The number of thioether (sulfide) groups is 1. The molecule has 3 nitrogen and oxygen atoms in total. The Kier molecular flexibility index (Phi) is 5.39. The first-order chi connectivity index (χ1) is 11.4. The van der Waals surface area contributed by atoms with E-state index in [2.05, 4.69) is 5.32 Å². The van der Waals surface area contributed by atoms with Crippen molar-refractivity contribution in [1.29, 1.82) is 0 Å². The van der Waals surface area contributed by atoms with Gasteiger partial charge in [-0.2, -0.15) is 24.9 Å². The summed E-state index contributed by atoms with van der Waals surface area (Å²) < 4.78 is 39.3. The molecule has 7 heteroatoms. The van der Waals surface area contributed by atoms with Crippen molar-refractivity contribution in [1.82, 2.24) is 10.2 Å². The average Bonchev–Trinajstić information content (AvgIpc) is 2.87. The SMILES string of the molecule is O=C1C[C@@H](NC2CCSCC2)CN1Cc1ccccc1C(F)(F)F. The Morgan fingerprint density at radius 1 is 1.17 bits per heavy atom. The highest BCUT2D eigenvalue weighted by Crippen LogP contribution is 2.33. The van der Waals surface area contributed by atoms with E-state index in [0.717, 1.165) is 30.4 Å². The van der Waals surface area contributed by atoms with E-state index in [1.165, 1.54) is 12.1 Å². The quantitative estimate of drug-likeness (QED) is 0.896. The van der Waals surface area contributed by atoms with Gasteiger partial charge in [-0.3, -0.25) is 4.79 Å². The Balaban J connectivity index is 1.63. The van der Waals surface area contributed by atoms with Gasteiger partial charge < -0.3 is 10.2 Å². The number of carbonyl (C=O) groups is 1. The molecule has 1 aromatic carbocycles. The van der Waals surface area contributed by atoms with Gasteiger partial charge >= 0.3 is 6.18 Å². The molecule has 2 fully saturated rings. The van der Waals surface area contributed by atoms with Gasteiger partial charge in [0.05, 0.1) is 5.56 Å². The molecule has 1 N–H and O–H groups in total. The number of rotatable bonds is 4. The van der Waals surface area contributed by atoms with Crippen LogP contribution in [0.5, 0.6) is 0 Å². The van der Waals surface area contributed by atoms with E-state index in [4.69, 9.17) is 0 Å². The lowest BCUT2D eigenvalue weighted by molar-refractivity contribution is -0.139. The number of benzene rings is 1. The highest BCUT2D eigenvalue weighted by molar-refractivity contribution is 7.99. The van der Waals surface area contributed by atoms with Crippen molar-refractivity contribution in [2.24, 2.45) is 0 Å². The largest absolute Gasteiger partial charge is 0.416 e. The Hall–Kier alpha value is -1.21. The van der Waals surface area contributed by atoms with Gasteiger partial charge in [-0.25, -0.2) is 0 Å². The first-order valence-electron chi connectivity index (χ1n) is 8.20. The molecule has 0 radical (unpaired) electrons. The van der Waals surface area contributed by atoms with Crippen LogP contribution in [0.15, 0.2) is 24.3 Å². The molecule has 0 unspecified atom stereocenters. The molecule has 0 saturated carbocycles. The molecule has 132 valence electrons. The molecule has 1 amide bonds. The van der Waals surface area contributed by atoms with Crippen LogP contribution >= 0.6 is 11.8 Å². The normalized spacial score (nSPS) is 23.0. The first kappa shape index (κ1) is 17.6. The van der Waals surface area contributed by atoms with Crippen LogP contribution in [0.4, 0.5) is 13.2 Å². The zero-order valence-corrected chi connectivity index (χ0v) is 14.1. The summed E-state index contributed by atoms with van der Waals surface area (Å²) in [5.41, 5.74) is -0.494. The van der Waals surface area contributed by atoms with E-state index in [1.54, 1.807) is 11.0 Å².